The van der Waals surface area contributed by atoms with Crippen LogP contribution in [-0.4, -0.2) is 66.9 Å². The van der Waals surface area contributed by atoms with E-state index < -0.39 is 11.9 Å². The van der Waals surface area contributed by atoms with Crippen LogP contribution in [0.1, 0.15) is 38.1 Å². The maximum absolute atomic E-state index is 13.4. The molecule has 0 saturated carbocycles. The standard InChI is InChI=1S/C22H27FN4O4S/c1-3-31-22(30)18-14(2)19(20(24)29)32-21(18)25-17(28)13-27-9-7-26(8-10-27)12-15-5-4-6-16(23)11-15/h4-6,11H,3,7-10,12-13H2,1-2H3,(H2,24,29)(H,25,28). The van der Waals surface area contributed by atoms with E-state index in [1.807, 2.05) is 11.0 Å². The fraction of sp³-hybridized carbons (Fsp3) is 0.409. The number of amides is 2. The van der Waals surface area contributed by atoms with Gasteiger partial charge in [-0.05, 0) is 37.1 Å². The number of carbonyl (C=O) groups is 3. The van der Waals surface area contributed by atoms with Gasteiger partial charge in [-0.25, -0.2) is 9.18 Å². The number of nitrogens with one attached hydrogen (secondary N) is 1. The summed E-state index contributed by atoms with van der Waals surface area (Å²) in [6.45, 7) is 7.14. The number of esters is 1. The average Bonchev–Trinajstić information content (AvgIpc) is 3.05. The molecule has 172 valence electrons. The van der Waals surface area contributed by atoms with Gasteiger partial charge >= 0.3 is 5.97 Å². The van der Waals surface area contributed by atoms with E-state index in [2.05, 4.69) is 10.2 Å². The zero-order valence-corrected chi connectivity index (χ0v) is 19.0. The highest BCUT2D eigenvalue weighted by molar-refractivity contribution is 7.18. The van der Waals surface area contributed by atoms with Gasteiger partial charge in [0.15, 0.2) is 0 Å². The van der Waals surface area contributed by atoms with E-state index in [0.29, 0.717) is 25.2 Å². The number of rotatable bonds is 8. The third-order valence-electron chi connectivity index (χ3n) is 5.23. The Morgan fingerprint density at radius 1 is 1.19 bits per heavy atom. The fourth-order valence-corrected chi connectivity index (χ4v) is 4.72. The molecule has 2 heterocycles. The normalized spacial score (nSPS) is 14.8. The van der Waals surface area contributed by atoms with Crippen LogP contribution >= 0.6 is 11.3 Å². The summed E-state index contributed by atoms with van der Waals surface area (Å²) in [4.78, 5) is 41.1. The van der Waals surface area contributed by atoms with E-state index in [1.165, 1.54) is 12.1 Å². The van der Waals surface area contributed by atoms with Crippen LogP contribution in [0.15, 0.2) is 24.3 Å². The average molecular weight is 463 g/mol. The molecule has 2 aromatic rings. The number of thiophene rings is 1. The number of anilines is 1. The highest BCUT2D eigenvalue weighted by Crippen LogP contribution is 2.33. The maximum atomic E-state index is 13.4. The van der Waals surface area contributed by atoms with Crippen molar-refractivity contribution in [1.82, 2.24) is 9.80 Å². The van der Waals surface area contributed by atoms with E-state index in [1.54, 1.807) is 19.9 Å². The van der Waals surface area contributed by atoms with E-state index in [-0.39, 0.29) is 40.3 Å². The Labute approximate surface area is 190 Å². The minimum absolute atomic E-state index is 0.152. The number of hydrogen-bond donors (Lipinski definition) is 2. The van der Waals surface area contributed by atoms with Gasteiger partial charge in [-0.2, -0.15) is 0 Å². The van der Waals surface area contributed by atoms with Crippen molar-refractivity contribution < 1.29 is 23.5 Å². The van der Waals surface area contributed by atoms with Crippen molar-refractivity contribution in [2.24, 2.45) is 5.73 Å². The molecule has 8 nitrogen and oxygen atoms in total. The first-order valence-corrected chi connectivity index (χ1v) is 11.2. The fourth-order valence-electron chi connectivity index (χ4n) is 3.65. The Balaban J connectivity index is 1.57. The van der Waals surface area contributed by atoms with Gasteiger partial charge in [0.25, 0.3) is 5.91 Å². The SMILES string of the molecule is CCOC(=O)c1c(NC(=O)CN2CCN(Cc3cccc(F)c3)CC2)sc(C(N)=O)c1C. The zero-order valence-electron chi connectivity index (χ0n) is 18.2. The number of nitrogens with two attached hydrogens (primary N) is 1. The predicted molar refractivity (Wildman–Crippen MR) is 120 cm³/mol. The van der Waals surface area contributed by atoms with Crippen LogP contribution < -0.4 is 11.1 Å². The van der Waals surface area contributed by atoms with Crippen molar-refractivity contribution in [3.63, 3.8) is 0 Å². The van der Waals surface area contributed by atoms with Crippen molar-refractivity contribution in [2.75, 3.05) is 44.6 Å². The van der Waals surface area contributed by atoms with Crippen LogP contribution in [0.2, 0.25) is 0 Å². The number of hydrogen-bond acceptors (Lipinski definition) is 7. The summed E-state index contributed by atoms with van der Waals surface area (Å²) in [6.07, 6.45) is 0. The molecule has 1 saturated heterocycles. The van der Waals surface area contributed by atoms with Gasteiger partial charge in [0.05, 0.1) is 23.6 Å². The molecule has 1 aromatic carbocycles. The molecule has 0 aliphatic carbocycles. The van der Waals surface area contributed by atoms with Crippen molar-refractivity contribution in [3.8, 4) is 0 Å². The third-order valence-corrected chi connectivity index (χ3v) is 6.45. The Bertz CT molecular complexity index is 1000. The lowest BCUT2D eigenvalue weighted by molar-refractivity contribution is -0.117. The molecule has 1 aliphatic heterocycles. The zero-order chi connectivity index (χ0) is 23.3. The predicted octanol–water partition coefficient (Wildman–Crippen LogP) is 2.23. The second-order valence-electron chi connectivity index (χ2n) is 7.58. The summed E-state index contributed by atoms with van der Waals surface area (Å²) >= 11 is 0.977. The highest BCUT2D eigenvalue weighted by atomic mass is 32.1. The summed E-state index contributed by atoms with van der Waals surface area (Å²) in [5.41, 5.74) is 6.89. The van der Waals surface area contributed by atoms with Gasteiger partial charge in [-0.3, -0.25) is 19.4 Å². The van der Waals surface area contributed by atoms with Gasteiger partial charge in [0.2, 0.25) is 5.91 Å². The van der Waals surface area contributed by atoms with Crippen LogP contribution in [0.3, 0.4) is 0 Å². The molecule has 0 bridgehead atoms. The van der Waals surface area contributed by atoms with Crippen LogP contribution in [0, 0.1) is 12.7 Å². The largest absolute Gasteiger partial charge is 0.462 e. The number of piperazine rings is 1. The molecule has 1 aromatic heterocycles. The lowest BCUT2D eigenvalue weighted by Gasteiger charge is -2.34. The minimum atomic E-state index is -0.659. The van der Waals surface area contributed by atoms with Gasteiger partial charge in [0.1, 0.15) is 10.8 Å². The molecular weight excluding hydrogens is 435 g/mol. The second kappa shape index (κ2) is 10.7. The number of benzene rings is 1. The lowest BCUT2D eigenvalue weighted by atomic mass is 10.1. The minimum Gasteiger partial charge on any atom is -0.462 e. The van der Waals surface area contributed by atoms with Gasteiger partial charge in [0, 0.05) is 32.7 Å². The lowest BCUT2D eigenvalue weighted by Crippen LogP contribution is -2.48. The summed E-state index contributed by atoms with van der Waals surface area (Å²) in [5, 5.41) is 3.01. The van der Waals surface area contributed by atoms with Crippen molar-refractivity contribution in [3.05, 3.63) is 51.7 Å². The molecule has 0 unspecified atom stereocenters. The molecule has 0 radical (unpaired) electrons. The molecular formula is C22H27FN4O4S. The molecule has 3 rings (SSSR count). The van der Waals surface area contributed by atoms with E-state index >= 15 is 0 Å². The smallest absolute Gasteiger partial charge is 0.341 e. The highest BCUT2D eigenvalue weighted by Gasteiger charge is 2.26. The van der Waals surface area contributed by atoms with E-state index in [9.17, 15) is 18.8 Å². The molecule has 32 heavy (non-hydrogen) atoms. The Morgan fingerprint density at radius 3 is 2.50 bits per heavy atom. The Hall–Kier alpha value is -2.82. The molecule has 1 fully saturated rings. The summed E-state index contributed by atoms with van der Waals surface area (Å²) in [5.74, 6) is -1.79. The van der Waals surface area contributed by atoms with Gasteiger partial charge in [-0.15, -0.1) is 11.3 Å². The molecule has 3 N–H and O–H groups in total. The number of nitrogens with zero attached hydrogens (tertiary/aromatic N) is 2. The first-order valence-electron chi connectivity index (χ1n) is 10.4. The van der Waals surface area contributed by atoms with E-state index in [0.717, 1.165) is 30.0 Å². The Kier molecular flexibility index (Phi) is 7.94. The number of ether oxygens (including phenoxy) is 1. The number of carbonyl (C=O) groups excluding carboxylic acids is 3. The van der Waals surface area contributed by atoms with Crippen molar-refractivity contribution in [1.29, 1.82) is 0 Å². The Morgan fingerprint density at radius 2 is 1.88 bits per heavy atom. The van der Waals surface area contributed by atoms with Crippen LogP contribution in [0.25, 0.3) is 0 Å². The molecule has 0 spiro atoms. The summed E-state index contributed by atoms with van der Waals surface area (Å²) in [7, 11) is 0. The summed E-state index contributed by atoms with van der Waals surface area (Å²) in [6, 6.07) is 6.55. The van der Waals surface area contributed by atoms with Crippen LogP contribution in [-0.2, 0) is 16.1 Å². The first-order chi connectivity index (χ1) is 15.3. The molecule has 1 aliphatic rings. The monoisotopic (exact) mass is 462 g/mol. The van der Waals surface area contributed by atoms with Gasteiger partial charge < -0.3 is 15.8 Å². The topological polar surface area (TPSA) is 105 Å². The summed E-state index contributed by atoms with van der Waals surface area (Å²) < 4.78 is 18.4. The number of primary amides is 1. The van der Waals surface area contributed by atoms with Crippen molar-refractivity contribution >= 4 is 34.1 Å². The van der Waals surface area contributed by atoms with Gasteiger partial charge in [-0.1, -0.05) is 12.1 Å². The second-order valence-corrected chi connectivity index (χ2v) is 8.60. The molecule has 10 heteroatoms. The number of halogens is 1. The first kappa shape index (κ1) is 23.8. The maximum Gasteiger partial charge on any atom is 0.341 e. The molecule has 0 atom stereocenters. The van der Waals surface area contributed by atoms with Crippen LogP contribution in [0.4, 0.5) is 9.39 Å². The quantitative estimate of drug-likeness (QED) is 0.583. The van der Waals surface area contributed by atoms with Crippen LogP contribution in [0.5, 0.6) is 0 Å². The molecule has 2 amide bonds. The third kappa shape index (κ3) is 5.90. The van der Waals surface area contributed by atoms with Crippen molar-refractivity contribution in [2.45, 2.75) is 20.4 Å². The van der Waals surface area contributed by atoms with E-state index in [4.69, 9.17) is 10.5 Å².